The van der Waals surface area contributed by atoms with Gasteiger partial charge in [0.15, 0.2) is 0 Å². The fourth-order valence-electron chi connectivity index (χ4n) is 2.32. The Morgan fingerprint density at radius 3 is 2.75 bits per heavy atom. The Labute approximate surface area is 146 Å². The van der Waals surface area contributed by atoms with Crippen molar-refractivity contribution in [3.63, 3.8) is 0 Å². The molecule has 2 N–H and O–H groups in total. The third-order valence-electron chi connectivity index (χ3n) is 3.62. The summed E-state index contributed by atoms with van der Waals surface area (Å²) in [5.41, 5.74) is 2.20. The van der Waals surface area contributed by atoms with Crippen LogP contribution in [0.1, 0.15) is 27.7 Å². The van der Waals surface area contributed by atoms with Crippen LogP contribution >= 0.6 is 11.3 Å². The average Bonchev–Trinajstić information content (AvgIpc) is 3.09. The maximum atomic E-state index is 12.1. The van der Waals surface area contributed by atoms with E-state index in [1.807, 2.05) is 30.5 Å². The van der Waals surface area contributed by atoms with E-state index in [-0.39, 0.29) is 11.8 Å². The first-order chi connectivity index (χ1) is 11.5. The molecule has 128 valence electrons. The summed E-state index contributed by atoms with van der Waals surface area (Å²) in [6, 6.07) is 8.92. The highest BCUT2D eigenvalue weighted by atomic mass is 32.1. The van der Waals surface area contributed by atoms with Crippen molar-refractivity contribution in [3.8, 4) is 5.75 Å². The van der Waals surface area contributed by atoms with Gasteiger partial charge in [-0.15, -0.1) is 11.3 Å². The maximum Gasteiger partial charge on any atom is 0.261 e. The van der Waals surface area contributed by atoms with Crippen LogP contribution in [0.15, 0.2) is 35.7 Å². The summed E-state index contributed by atoms with van der Waals surface area (Å²) in [7, 11) is 1.63. The highest BCUT2D eigenvalue weighted by Crippen LogP contribution is 2.19. The zero-order valence-electron chi connectivity index (χ0n) is 14.1. The van der Waals surface area contributed by atoms with Gasteiger partial charge >= 0.3 is 0 Å². The second-order valence-corrected chi connectivity index (χ2v) is 6.48. The van der Waals surface area contributed by atoms with Crippen LogP contribution in [0, 0.1) is 6.92 Å². The summed E-state index contributed by atoms with van der Waals surface area (Å²) in [5, 5.41) is 7.37. The molecule has 1 unspecified atom stereocenters. The summed E-state index contributed by atoms with van der Waals surface area (Å²) in [6.07, 6.45) is 0.669. The van der Waals surface area contributed by atoms with E-state index in [9.17, 15) is 9.59 Å². The third-order valence-corrected chi connectivity index (χ3v) is 4.48. The van der Waals surface area contributed by atoms with Crippen molar-refractivity contribution in [1.82, 2.24) is 10.6 Å². The molecule has 24 heavy (non-hydrogen) atoms. The van der Waals surface area contributed by atoms with Crippen molar-refractivity contribution >= 4 is 23.2 Å². The highest BCUT2D eigenvalue weighted by Gasteiger charge is 2.16. The quantitative estimate of drug-likeness (QED) is 0.810. The van der Waals surface area contributed by atoms with Gasteiger partial charge in [-0.1, -0.05) is 23.8 Å². The van der Waals surface area contributed by atoms with Crippen LogP contribution in [0.4, 0.5) is 0 Å². The summed E-state index contributed by atoms with van der Waals surface area (Å²) < 4.78 is 5.33. The Morgan fingerprint density at radius 2 is 2.08 bits per heavy atom. The molecule has 0 radical (unpaired) electrons. The molecule has 5 nitrogen and oxygen atoms in total. The van der Waals surface area contributed by atoms with Crippen LogP contribution in [-0.2, 0) is 11.2 Å². The number of aryl methyl sites for hydroxylation is 1. The molecule has 0 spiro atoms. The molecule has 0 aliphatic carbocycles. The molecular formula is C18H22N2O3S. The van der Waals surface area contributed by atoms with E-state index >= 15 is 0 Å². The molecule has 0 aliphatic rings. The van der Waals surface area contributed by atoms with Crippen LogP contribution in [0.25, 0.3) is 0 Å². The fraction of sp³-hybridized carbons (Fsp3) is 0.333. The molecule has 1 atom stereocenters. The number of hydrogen-bond donors (Lipinski definition) is 2. The Hall–Kier alpha value is -2.34. The predicted octanol–water partition coefficient (Wildman–Crippen LogP) is 2.54. The third kappa shape index (κ3) is 4.83. The summed E-state index contributed by atoms with van der Waals surface area (Å²) in [6.45, 7) is 4.18. The van der Waals surface area contributed by atoms with Gasteiger partial charge in [-0.25, -0.2) is 0 Å². The number of amides is 2. The van der Waals surface area contributed by atoms with Crippen LogP contribution in [-0.4, -0.2) is 31.5 Å². The Morgan fingerprint density at radius 1 is 1.29 bits per heavy atom. The summed E-state index contributed by atoms with van der Waals surface area (Å²) in [4.78, 5) is 24.6. The molecule has 1 aromatic carbocycles. The molecule has 2 amide bonds. The second kappa shape index (κ2) is 8.49. The van der Waals surface area contributed by atoms with Crippen molar-refractivity contribution in [2.45, 2.75) is 26.3 Å². The van der Waals surface area contributed by atoms with E-state index in [1.54, 1.807) is 26.2 Å². The van der Waals surface area contributed by atoms with Crippen LogP contribution < -0.4 is 15.4 Å². The first kappa shape index (κ1) is 18.0. The number of carbonyl (C=O) groups is 2. The number of ether oxygens (including phenoxy) is 1. The molecule has 1 heterocycles. The van der Waals surface area contributed by atoms with Crippen molar-refractivity contribution in [2.75, 3.05) is 13.7 Å². The normalized spacial score (nSPS) is 11.6. The Kier molecular flexibility index (Phi) is 6.37. The van der Waals surface area contributed by atoms with E-state index in [0.717, 1.165) is 16.9 Å². The summed E-state index contributed by atoms with van der Waals surface area (Å²) >= 11 is 1.35. The number of methoxy groups -OCH3 is 1. The first-order valence-electron chi connectivity index (χ1n) is 7.77. The van der Waals surface area contributed by atoms with Crippen LogP contribution in [0.2, 0.25) is 0 Å². The van der Waals surface area contributed by atoms with Crippen molar-refractivity contribution in [1.29, 1.82) is 0 Å². The molecule has 0 saturated heterocycles. The lowest BCUT2D eigenvalue weighted by molar-refractivity contribution is -0.122. The van der Waals surface area contributed by atoms with Crippen LogP contribution in [0.5, 0.6) is 5.75 Å². The van der Waals surface area contributed by atoms with Gasteiger partial charge < -0.3 is 15.4 Å². The molecule has 0 saturated carbocycles. The van der Waals surface area contributed by atoms with Gasteiger partial charge in [0.05, 0.1) is 12.0 Å². The minimum atomic E-state index is -0.584. The Bertz CT molecular complexity index is 698. The number of nitrogens with one attached hydrogen (secondary N) is 2. The molecule has 2 rings (SSSR count). The lowest BCUT2D eigenvalue weighted by atomic mass is 10.1. The predicted molar refractivity (Wildman–Crippen MR) is 95.7 cm³/mol. The van der Waals surface area contributed by atoms with Gasteiger partial charge in [0, 0.05) is 6.54 Å². The maximum absolute atomic E-state index is 12.1. The molecule has 2 aromatic rings. The number of thiophene rings is 1. The van der Waals surface area contributed by atoms with Gasteiger partial charge in [-0.3, -0.25) is 9.59 Å². The lowest BCUT2D eigenvalue weighted by Crippen LogP contribution is -2.45. The SMILES string of the molecule is COc1ccc(C)cc1CCNC(=O)C(C)NC(=O)c1cccs1. The first-order valence-corrected chi connectivity index (χ1v) is 8.65. The topological polar surface area (TPSA) is 67.4 Å². The minimum Gasteiger partial charge on any atom is -0.496 e. The van der Waals surface area contributed by atoms with Gasteiger partial charge in [0.25, 0.3) is 5.91 Å². The summed E-state index contributed by atoms with van der Waals surface area (Å²) in [5.74, 6) is 0.383. The molecule has 0 aliphatic heterocycles. The number of rotatable bonds is 7. The van der Waals surface area contributed by atoms with Gasteiger partial charge in [0.1, 0.15) is 11.8 Å². The molecule has 0 fully saturated rings. The monoisotopic (exact) mass is 346 g/mol. The fourth-order valence-corrected chi connectivity index (χ4v) is 2.94. The average molecular weight is 346 g/mol. The smallest absolute Gasteiger partial charge is 0.261 e. The largest absolute Gasteiger partial charge is 0.496 e. The number of benzene rings is 1. The minimum absolute atomic E-state index is 0.202. The van der Waals surface area contributed by atoms with E-state index in [2.05, 4.69) is 10.6 Å². The zero-order valence-corrected chi connectivity index (χ0v) is 14.9. The van der Waals surface area contributed by atoms with Crippen molar-refractivity contribution in [3.05, 3.63) is 51.7 Å². The molecule has 0 bridgehead atoms. The molecular weight excluding hydrogens is 324 g/mol. The van der Waals surface area contributed by atoms with Crippen molar-refractivity contribution < 1.29 is 14.3 Å². The van der Waals surface area contributed by atoms with E-state index in [0.29, 0.717) is 17.8 Å². The zero-order chi connectivity index (χ0) is 17.5. The standard InChI is InChI=1S/C18H22N2O3S/c1-12-6-7-15(23-3)14(11-12)8-9-19-17(21)13(2)20-18(22)16-5-4-10-24-16/h4-7,10-11,13H,8-9H2,1-3H3,(H,19,21)(H,20,22). The lowest BCUT2D eigenvalue weighted by Gasteiger charge is -2.14. The second-order valence-electron chi connectivity index (χ2n) is 5.53. The van der Waals surface area contributed by atoms with Crippen molar-refractivity contribution in [2.24, 2.45) is 0 Å². The van der Waals surface area contributed by atoms with Gasteiger partial charge in [0.2, 0.25) is 5.91 Å². The molecule has 1 aromatic heterocycles. The number of hydrogen-bond acceptors (Lipinski definition) is 4. The van der Waals surface area contributed by atoms with E-state index in [1.165, 1.54) is 11.3 Å². The van der Waals surface area contributed by atoms with E-state index in [4.69, 9.17) is 4.74 Å². The van der Waals surface area contributed by atoms with Crippen LogP contribution in [0.3, 0.4) is 0 Å². The molecule has 6 heteroatoms. The van der Waals surface area contributed by atoms with E-state index < -0.39 is 6.04 Å². The van der Waals surface area contributed by atoms with Gasteiger partial charge in [-0.05, 0) is 43.3 Å². The van der Waals surface area contributed by atoms with Gasteiger partial charge in [-0.2, -0.15) is 0 Å². The Balaban J connectivity index is 1.82. The number of carbonyl (C=O) groups excluding carboxylic acids is 2. The highest BCUT2D eigenvalue weighted by molar-refractivity contribution is 7.12.